The summed E-state index contributed by atoms with van der Waals surface area (Å²) in [5, 5.41) is 11.1. The highest BCUT2D eigenvalue weighted by Gasteiger charge is 2.24. The number of carbonyl (C=O) groups is 1. The van der Waals surface area contributed by atoms with E-state index in [4.69, 9.17) is 10.6 Å². The summed E-state index contributed by atoms with van der Waals surface area (Å²) in [6.07, 6.45) is 13.5. The van der Waals surface area contributed by atoms with Gasteiger partial charge in [0, 0.05) is 18.7 Å². The Morgan fingerprint density at radius 3 is 2.32 bits per heavy atom. The first-order chi connectivity index (χ1) is 12.0. The summed E-state index contributed by atoms with van der Waals surface area (Å²) in [7, 11) is 1.93. The molecule has 1 heterocycles. The van der Waals surface area contributed by atoms with Crippen molar-refractivity contribution in [2.75, 3.05) is 7.05 Å². The van der Waals surface area contributed by atoms with Gasteiger partial charge in [0.1, 0.15) is 0 Å². The number of unbranched alkanes of at least 4 members (excludes halogenated alkanes) is 6. The van der Waals surface area contributed by atoms with Crippen molar-refractivity contribution in [3.63, 3.8) is 0 Å². The molecule has 3 atom stereocenters. The Morgan fingerprint density at radius 2 is 1.76 bits per heavy atom. The minimum atomic E-state index is -1.06. The molecule has 0 radical (unpaired) electrons. The Labute approximate surface area is 153 Å². The Bertz CT molecular complexity index is 410. The predicted molar refractivity (Wildman–Crippen MR) is 102 cm³/mol. The summed E-state index contributed by atoms with van der Waals surface area (Å²) < 4.78 is 4.73. The van der Waals surface area contributed by atoms with Crippen molar-refractivity contribution in [3.05, 3.63) is 11.6 Å². The average Bonchev–Trinajstić information content (AvgIpc) is 2.89. The average molecular weight is 355 g/mol. The molecule has 0 amide bonds. The molecule has 0 saturated carbocycles. The minimum absolute atomic E-state index is 0.329. The molecule has 1 aliphatic rings. The van der Waals surface area contributed by atoms with Crippen molar-refractivity contribution in [3.8, 4) is 0 Å². The number of hydrogen-bond acceptors (Lipinski definition) is 5. The molecular weight excluding hydrogens is 316 g/mol. The minimum Gasteiger partial charge on any atom is -0.429 e. The van der Waals surface area contributed by atoms with Gasteiger partial charge in [0.25, 0.3) is 0 Å². The van der Waals surface area contributed by atoms with E-state index < -0.39 is 6.29 Å². The number of cyclic esters (lactones) is 1. The van der Waals surface area contributed by atoms with E-state index in [1.54, 1.807) is 5.01 Å². The second-order valence-electron chi connectivity index (χ2n) is 7.46. The van der Waals surface area contributed by atoms with Crippen LogP contribution in [0, 0.1) is 5.92 Å². The van der Waals surface area contributed by atoms with Gasteiger partial charge in [-0.05, 0) is 44.6 Å². The van der Waals surface area contributed by atoms with E-state index in [2.05, 4.69) is 13.8 Å². The smallest absolute Gasteiger partial charge is 0.336 e. The SMILES string of the molecule is CCCCCCCCCC(CCCC1=CC(O)OC1=O)C(C)N(C)N. The van der Waals surface area contributed by atoms with Gasteiger partial charge in [0.15, 0.2) is 0 Å². The second-order valence-corrected chi connectivity index (χ2v) is 7.46. The van der Waals surface area contributed by atoms with E-state index in [-0.39, 0.29) is 5.97 Å². The highest BCUT2D eigenvalue weighted by atomic mass is 16.6. The zero-order valence-electron chi connectivity index (χ0n) is 16.4. The van der Waals surface area contributed by atoms with Crippen LogP contribution in [-0.4, -0.2) is 35.5 Å². The zero-order valence-corrected chi connectivity index (χ0v) is 16.4. The molecule has 0 bridgehead atoms. The first-order valence-electron chi connectivity index (χ1n) is 10.0. The van der Waals surface area contributed by atoms with E-state index in [1.165, 1.54) is 57.4 Å². The summed E-state index contributed by atoms with van der Waals surface area (Å²) >= 11 is 0. The van der Waals surface area contributed by atoms with Gasteiger partial charge < -0.3 is 9.84 Å². The fourth-order valence-corrected chi connectivity index (χ4v) is 3.52. The molecule has 0 saturated heterocycles. The van der Waals surface area contributed by atoms with Crippen molar-refractivity contribution >= 4 is 5.97 Å². The Hall–Kier alpha value is -0.910. The number of ether oxygens (including phenoxy) is 1. The maximum Gasteiger partial charge on any atom is 0.336 e. The summed E-state index contributed by atoms with van der Waals surface area (Å²) in [5.74, 6) is 6.13. The fourth-order valence-electron chi connectivity index (χ4n) is 3.52. The Balaban J connectivity index is 2.30. The fraction of sp³-hybridized carbons (Fsp3) is 0.850. The molecule has 3 unspecified atom stereocenters. The van der Waals surface area contributed by atoms with E-state index in [1.807, 2.05) is 7.05 Å². The van der Waals surface area contributed by atoms with E-state index >= 15 is 0 Å². The van der Waals surface area contributed by atoms with Gasteiger partial charge in [-0.1, -0.05) is 51.9 Å². The molecule has 5 heteroatoms. The van der Waals surface area contributed by atoms with Gasteiger partial charge in [0.05, 0.1) is 0 Å². The largest absolute Gasteiger partial charge is 0.429 e. The highest BCUT2D eigenvalue weighted by molar-refractivity contribution is 5.90. The van der Waals surface area contributed by atoms with E-state index in [0.717, 1.165) is 12.8 Å². The number of hydrazine groups is 1. The van der Waals surface area contributed by atoms with Crippen LogP contribution in [0.25, 0.3) is 0 Å². The van der Waals surface area contributed by atoms with Crippen molar-refractivity contribution in [1.82, 2.24) is 5.01 Å². The van der Waals surface area contributed by atoms with Crippen molar-refractivity contribution in [1.29, 1.82) is 0 Å². The van der Waals surface area contributed by atoms with Crippen LogP contribution >= 0.6 is 0 Å². The van der Waals surface area contributed by atoms with Crippen LogP contribution in [0.15, 0.2) is 11.6 Å². The number of hydrogen-bond donors (Lipinski definition) is 2. The van der Waals surface area contributed by atoms with Crippen molar-refractivity contribution in [2.24, 2.45) is 11.8 Å². The van der Waals surface area contributed by atoms with Crippen LogP contribution in [0.5, 0.6) is 0 Å². The van der Waals surface area contributed by atoms with Gasteiger partial charge in [-0.25, -0.2) is 9.80 Å². The third-order valence-corrected chi connectivity index (χ3v) is 5.36. The summed E-state index contributed by atoms with van der Waals surface area (Å²) in [6.45, 7) is 4.43. The van der Waals surface area contributed by atoms with Crippen LogP contribution in [0.1, 0.15) is 84.5 Å². The molecule has 1 rings (SSSR count). The number of aliphatic hydroxyl groups is 1. The van der Waals surface area contributed by atoms with E-state index in [9.17, 15) is 9.90 Å². The predicted octanol–water partition coefficient (Wildman–Crippen LogP) is 3.91. The molecule has 0 aliphatic carbocycles. The standard InChI is InChI=1S/C20H38N2O3/c1-4-5-6-7-8-9-10-12-17(16(2)22(3)21)13-11-14-18-15-19(23)25-20(18)24/h15-17,19,23H,4-14,21H2,1-3H3. The lowest BCUT2D eigenvalue weighted by Gasteiger charge is -2.29. The first kappa shape index (κ1) is 22.1. The van der Waals surface area contributed by atoms with Gasteiger partial charge in [-0.2, -0.15) is 0 Å². The van der Waals surface area contributed by atoms with Gasteiger partial charge in [-0.15, -0.1) is 0 Å². The van der Waals surface area contributed by atoms with Crippen LogP contribution in [0.4, 0.5) is 0 Å². The number of nitrogens with two attached hydrogens (primary N) is 1. The molecular formula is C20H38N2O3. The number of esters is 1. The van der Waals surface area contributed by atoms with Crippen LogP contribution < -0.4 is 5.84 Å². The van der Waals surface area contributed by atoms with Crippen molar-refractivity contribution < 1.29 is 14.6 Å². The molecule has 3 N–H and O–H groups in total. The lowest BCUT2D eigenvalue weighted by Crippen LogP contribution is -2.40. The maximum atomic E-state index is 11.5. The van der Waals surface area contributed by atoms with E-state index in [0.29, 0.717) is 24.0 Å². The number of carbonyl (C=O) groups excluding carboxylic acids is 1. The second kappa shape index (κ2) is 12.4. The molecule has 0 spiro atoms. The number of rotatable bonds is 14. The summed E-state index contributed by atoms with van der Waals surface area (Å²) in [6, 6.07) is 0.329. The third kappa shape index (κ3) is 8.84. The van der Waals surface area contributed by atoms with Gasteiger partial charge in [-0.3, -0.25) is 5.84 Å². The highest BCUT2D eigenvalue weighted by Crippen LogP contribution is 2.25. The number of nitrogens with zero attached hydrogens (tertiary/aromatic N) is 1. The van der Waals surface area contributed by atoms with Crippen molar-refractivity contribution in [2.45, 2.75) is 96.8 Å². The molecule has 0 aromatic heterocycles. The molecule has 0 fully saturated rings. The topological polar surface area (TPSA) is 75.8 Å². The molecule has 0 aromatic carbocycles. The van der Waals surface area contributed by atoms with Crippen LogP contribution in [0.3, 0.4) is 0 Å². The lowest BCUT2D eigenvalue weighted by molar-refractivity contribution is -0.151. The number of aliphatic hydroxyl groups excluding tert-OH is 1. The molecule has 146 valence electrons. The Morgan fingerprint density at radius 1 is 1.16 bits per heavy atom. The Kier molecular flexibility index (Phi) is 11.0. The monoisotopic (exact) mass is 354 g/mol. The zero-order chi connectivity index (χ0) is 18.7. The first-order valence-corrected chi connectivity index (χ1v) is 10.0. The lowest BCUT2D eigenvalue weighted by atomic mass is 9.88. The molecule has 1 aliphatic heterocycles. The molecule has 5 nitrogen and oxygen atoms in total. The van der Waals surface area contributed by atoms with Gasteiger partial charge in [0.2, 0.25) is 6.29 Å². The quantitative estimate of drug-likeness (QED) is 0.214. The van der Waals surface area contributed by atoms with Crippen LogP contribution in [-0.2, 0) is 9.53 Å². The van der Waals surface area contributed by atoms with Gasteiger partial charge >= 0.3 is 5.97 Å². The molecule has 25 heavy (non-hydrogen) atoms. The third-order valence-electron chi connectivity index (χ3n) is 5.36. The summed E-state index contributed by atoms with van der Waals surface area (Å²) in [5.41, 5.74) is 0.607. The summed E-state index contributed by atoms with van der Waals surface area (Å²) in [4.78, 5) is 11.5. The van der Waals surface area contributed by atoms with Crippen LogP contribution in [0.2, 0.25) is 0 Å². The molecule has 0 aromatic rings. The maximum absolute atomic E-state index is 11.5. The normalized spacial score (nSPS) is 19.8.